The SMILES string of the molecule is Cc1cnc(C(=O)N[C@H]2COc3cc(Cl)cnc3N(C)C2=O)nc1-c1cncc(F)c1. The zero-order chi connectivity index (χ0) is 22.1. The minimum atomic E-state index is -1.00. The van der Waals surface area contributed by atoms with E-state index in [1.165, 1.54) is 36.6 Å². The zero-order valence-corrected chi connectivity index (χ0v) is 17.2. The van der Waals surface area contributed by atoms with Crippen LogP contribution in [0.1, 0.15) is 16.2 Å². The molecule has 0 spiro atoms. The van der Waals surface area contributed by atoms with Crippen molar-refractivity contribution in [3.8, 4) is 17.0 Å². The van der Waals surface area contributed by atoms with Crippen LogP contribution in [0, 0.1) is 12.7 Å². The fourth-order valence-corrected chi connectivity index (χ4v) is 3.21. The fourth-order valence-electron chi connectivity index (χ4n) is 3.07. The van der Waals surface area contributed by atoms with E-state index in [9.17, 15) is 14.0 Å². The van der Waals surface area contributed by atoms with E-state index in [-0.39, 0.29) is 12.4 Å². The van der Waals surface area contributed by atoms with Crippen molar-refractivity contribution in [2.75, 3.05) is 18.6 Å². The molecule has 1 atom stereocenters. The number of hydrogen-bond acceptors (Lipinski definition) is 7. The molecule has 9 nitrogen and oxygen atoms in total. The molecule has 1 aliphatic heterocycles. The maximum absolute atomic E-state index is 13.6. The quantitative estimate of drug-likeness (QED) is 0.662. The number of nitrogens with zero attached hydrogens (tertiary/aromatic N) is 5. The van der Waals surface area contributed by atoms with E-state index in [4.69, 9.17) is 16.3 Å². The summed E-state index contributed by atoms with van der Waals surface area (Å²) in [6.07, 6.45) is 5.35. The number of aromatic nitrogens is 4. The number of amides is 2. The van der Waals surface area contributed by atoms with Gasteiger partial charge in [0, 0.05) is 37.3 Å². The Morgan fingerprint density at radius 3 is 2.84 bits per heavy atom. The van der Waals surface area contributed by atoms with Crippen molar-refractivity contribution >= 4 is 29.2 Å². The summed E-state index contributed by atoms with van der Waals surface area (Å²) in [5.41, 5.74) is 1.40. The second-order valence-electron chi connectivity index (χ2n) is 6.83. The van der Waals surface area contributed by atoms with Gasteiger partial charge in [-0.15, -0.1) is 0 Å². The summed E-state index contributed by atoms with van der Waals surface area (Å²) in [5, 5.41) is 2.94. The lowest BCUT2D eigenvalue weighted by Crippen LogP contribution is -2.49. The number of carbonyl (C=O) groups excluding carboxylic acids is 2. The molecular weight excluding hydrogens is 427 g/mol. The standard InChI is InChI=1S/C20H16ClFN6O3/c1-10-5-24-17(27-16(10)11-3-13(22)8-23-6-11)19(29)26-14-9-31-15-4-12(21)7-25-18(15)28(2)20(14)30/h3-8,14H,9H2,1-2H3,(H,26,29)/t14-/m0/s1. The van der Waals surface area contributed by atoms with Gasteiger partial charge in [0.05, 0.1) is 16.9 Å². The Labute approximate surface area is 181 Å². The molecule has 0 radical (unpaired) electrons. The molecule has 1 aliphatic rings. The highest BCUT2D eigenvalue weighted by Gasteiger charge is 2.32. The molecule has 31 heavy (non-hydrogen) atoms. The van der Waals surface area contributed by atoms with Gasteiger partial charge in [-0.2, -0.15) is 0 Å². The summed E-state index contributed by atoms with van der Waals surface area (Å²) in [6.45, 7) is 1.60. The number of pyridine rings is 2. The number of anilines is 1. The Kier molecular flexibility index (Phi) is 5.47. The lowest BCUT2D eigenvalue weighted by atomic mass is 10.1. The predicted octanol–water partition coefficient (Wildman–Crippen LogP) is 2.19. The van der Waals surface area contributed by atoms with Gasteiger partial charge in [0.1, 0.15) is 18.5 Å². The third kappa shape index (κ3) is 4.15. The molecule has 0 aliphatic carbocycles. The minimum Gasteiger partial charge on any atom is -0.487 e. The van der Waals surface area contributed by atoms with Crippen LogP contribution < -0.4 is 15.0 Å². The highest BCUT2D eigenvalue weighted by Crippen LogP contribution is 2.30. The van der Waals surface area contributed by atoms with Crippen LogP contribution in [0.25, 0.3) is 11.3 Å². The van der Waals surface area contributed by atoms with E-state index < -0.39 is 23.7 Å². The monoisotopic (exact) mass is 442 g/mol. The van der Waals surface area contributed by atoms with Gasteiger partial charge < -0.3 is 10.1 Å². The van der Waals surface area contributed by atoms with Gasteiger partial charge in [0.2, 0.25) is 5.82 Å². The Bertz CT molecular complexity index is 1190. The van der Waals surface area contributed by atoms with Crippen LogP contribution in [0.15, 0.2) is 36.9 Å². The Morgan fingerprint density at radius 1 is 1.26 bits per heavy atom. The number of nitrogens with one attached hydrogen (secondary N) is 1. The number of rotatable bonds is 3. The fraction of sp³-hybridized carbons (Fsp3) is 0.200. The van der Waals surface area contributed by atoms with E-state index in [1.807, 2.05) is 0 Å². The van der Waals surface area contributed by atoms with E-state index >= 15 is 0 Å². The lowest BCUT2D eigenvalue weighted by Gasteiger charge is -2.19. The van der Waals surface area contributed by atoms with Gasteiger partial charge in [0.15, 0.2) is 11.6 Å². The van der Waals surface area contributed by atoms with Crippen LogP contribution in [0.4, 0.5) is 10.2 Å². The Hall–Kier alpha value is -3.66. The molecule has 3 aromatic heterocycles. The van der Waals surface area contributed by atoms with Gasteiger partial charge in [-0.3, -0.25) is 19.5 Å². The van der Waals surface area contributed by atoms with Gasteiger partial charge in [0.25, 0.3) is 11.8 Å². The first-order valence-corrected chi connectivity index (χ1v) is 9.52. The normalized spacial score (nSPS) is 15.7. The third-order valence-electron chi connectivity index (χ3n) is 4.61. The third-order valence-corrected chi connectivity index (χ3v) is 4.82. The molecule has 2 amide bonds. The molecular formula is C20H16ClFN6O3. The molecule has 0 saturated carbocycles. The van der Waals surface area contributed by atoms with Crippen LogP contribution in [-0.2, 0) is 4.79 Å². The molecule has 0 unspecified atom stereocenters. The average Bonchev–Trinajstić information content (AvgIpc) is 2.86. The molecule has 0 aromatic carbocycles. The van der Waals surface area contributed by atoms with Gasteiger partial charge >= 0.3 is 0 Å². The van der Waals surface area contributed by atoms with Crippen molar-refractivity contribution in [1.29, 1.82) is 0 Å². The number of fused-ring (bicyclic) bond motifs is 1. The molecule has 1 N–H and O–H groups in total. The van der Waals surface area contributed by atoms with Crippen LogP contribution >= 0.6 is 11.6 Å². The summed E-state index contributed by atoms with van der Waals surface area (Å²) in [5.74, 6) is -1.20. The minimum absolute atomic E-state index is 0.129. The first kappa shape index (κ1) is 20.6. The number of carbonyl (C=O) groups is 2. The highest BCUT2D eigenvalue weighted by atomic mass is 35.5. The van der Waals surface area contributed by atoms with Crippen molar-refractivity contribution in [2.24, 2.45) is 0 Å². The molecule has 158 valence electrons. The van der Waals surface area contributed by atoms with Crippen molar-refractivity contribution in [2.45, 2.75) is 13.0 Å². The molecule has 0 bridgehead atoms. The van der Waals surface area contributed by atoms with Gasteiger partial charge in [-0.1, -0.05) is 11.6 Å². The largest absolute Gasteiger partial charge is 0.487 e. The van der Waals surface area contributed by atoms with Crippen LogP contribution in [-0.4, -0.2) is 51.4 Å². The van der Waals surface area contributed by atoms with Gasteiger partial charge in [-0.05, 0) is 18.6 Å². The molecule has 3 aromatic rings. The topological polar surface area (TPSA) is 110 Å². The van der Waals surface area contributed by atoms with Crippen molar-refractivity contribution < 1.29 is 18.7 Å². The van der Waals surface area contributed by atoms with E-state index in [1.54, 1.807) is 13.0 Å². The number of likely N-dealkylation sites (N-methyl/N-ethyl adjacent to an activating group) is 1. The lowest BCUT2D eigenvalue weighted by molar-refractivity contribution is -0.120. The summed E-state index contributed by atoms with van der Waals surface area (Å²) in [6, 6.07) is 1.80. The zero-order valence-electron chi connectivity index (χ0n) is 16.5. The molecule has 0 fully saturated rings. The molecule has 11 heteroatoms. The van der Waals surface area contributed by atoms with Crippen molar-refractivity contribution in [1.82, 2.24) is 25.3 Å². The van der Waals surface area contributed by atoms with Crippen LogP contribution in [0.3, 0.4) is 0 Å². The number of ether oxygens (including phenoxy) is 1. The van der Waals surface area contributed by atoms with E-state index in [0.717, 1.165) is 6.20 Å². The predicted molar refractivity (Wildman–Crippen MR) is 109 cm³/mol. The molecule has 4 heterocycles. The maximum atomic E-state index is 13.6. The second kappa shape index (κ2) is 8.23. The smallest absolute Gasteiger partial charge is 0.289 e. The number of halogens is 2. The average molecular weight is 443 g/mol. The first-order chi connectivity index (χ1) is 14.8. The first-order valence-electron chi connectivity index (χ1n) is 9.15. The molecule has 4 rings (SSSR count). The van der Waals surface area contributed by atoms with Crippen LogP contribution in [0.5, 0.6) is 5.75 Å². The highest BCUT2D eigenvalue weighted by molar-refractivity contribution is 6.30. The summed E-state index contributed by atoms with van der Waals surface area (Å²) in [7, 11) is 1.52. The summed E-state index contributed by atoms with van der Waals surface area (Å²) in [4.78, 5) is 43.1. The number of aryl methyl sites for hydroxylation is 1. The molecule has 0 saturated heterocycles. The van der Waals surface area contributed by atoms with E-state index in [2.05, 4.69) is 25.3 Å². The Morgan fingerprint density at radius 2 is 2.06 bits per heavy atom. The van der Waals surface area contributed by atoms with Gasteiger partial charge in [-0.25, -0.2) is 19.3 Å². The second-order valence-corrected chi connectivity index (χ2v) is 7.26. The van der Waals surface area contributed by atoms with Crippen molar-refractivity contribution in [3.05, 3.63) is 59.1 Å². The van der Waals surface area contributed by atoms with Crippen LogP contribution in [0.2, 0.25) is 5.02 Å². The summed E-state index contributed by atoms with van der Waals surface area (Å²) >= 11 is 5.94. The Balaban J connectivity index is 1.57. The summed E-state index contributed by atoms with van der Waals surface area (Å²) < 4.78 is 19.2. The maximum Gasteiger partial charge on any atom is 0.289 e. The number of hydrogen-bond donors (Lipinski definition) is 1. The van der Waals surface area contributed by atoms with Crippen molar-refractivity contribution in [3.63, 3.8) is 0 Å². The van der Waals surface area contributed by atoms with E-state index in [0.29, 0.717) is 33.4 Å².